The highest BCUT2D eigenvalue weighted by Crippen LogP contribution is 2.24. The van der Waals surface area contributed by atoms with Crippen LogP contribution in [0.3, 0.4) is 0 Å². The number of nitrogens with zero attached hydrogens (tertiary/aromatic N) is 1. The molecule has 0 radical (unpaired) electrons. The summed E-state index contributed by atoms with van der Waals surface area (Å²) in [5.41, 5.74) is 0.469. The molecule has 1 atom stereocenters. The Morgan fingerprint density at radius 3 is 2.52 bits per heavy atom. The van der Waals surface area contributed by atoms with Crippen molar-refractivity contribution < 1.29 is 9.72 Å². The number of hydrogen-bond donors (Lipinski definition) is 2. The average Bonchev–Trinajstić information content (AvgIpc) is 2.36. The third-order valence-corrected chi connectivity index (χ3v) is 2.92. The Morgan fingerprint density at radius 2 is 1.95 bits per heavy atom. The van der Waals surface area contributed by atoms with Gasteiger partial charge in [-0.15, -0.1) is 0 Å². The van der Waals surface area contributed by atoms with Crippen molar-refractivity contribution in [2.75, 3.05) is 6.54 Å². The molecule has 1 amide bonds. The zero-order valence-electron chi connectivity index (χ0n) is 13.0. The molecule has 0 aliphatic heterocycles. The number of nitro benzene ring substituents is 1. The molecule has 0 saturated heterocycles. The second-order valence-corrected chi connectivity index (χ2v) is 6.04. The average molecular weight is 293 g/mol. The van der Waals surface area contributed by atoms with E-state index < -0.39 is 0 Å². The smallest absolute Gasteiger partial charge is 0.274 e. The second kappa shape index (κ2) is 7.17. The number of para-hydroxylation sites is 1. The summed E-state index contributed by atoms with van der Waals surface area (Å²) in [7, 11) is 0. The largest absolute Gasteiger partial charge is 0.351 e. The third-order valence-electron chi connectivity index (χ3n) is 2.92. The van der Waals surface area contributed by atoms with Crippen LogP contribution in [0.5, 0.6) is 0 Å². The first-order valence-corrected chi connectivity index (χ1v) is 6.98. The zero-order valence-corrected chi connectivity index (χ0v) is 13.0. The number of carbonyl (C=O) groups is 1. The van der Waals surface area contributed by atoms with E-state index >= 15 is 0 Å². The fourth-order valence-corrected chi connectivity index (χ4v) is 2.01. The molecule has 0 aromatic heterocycles. The van der Waals surface area contributed by atoms with Crippen LogP contribution in [0, 0.1) is 10.1 Å². The van der Waals surface area contributed by atoms with E-state index in [4.69, 9.17) is 0 Å². The van der Waals surface area contributed by atoms with E-state index in [-0.39, 0.29) is 28.1 Å². The van der Waals surface area contributed by atoms with Crippen molar-refractivity contribution >= 4 is 11.6 Å². The maximum absolute atomic E-state index is 11.7. The summed E-state index contributed by atoms with van der Waals surface area (Å²) in [6, 6.07) is 6.44. The predicted octanol–water partition coefficient (Wildman–Crippen LogP) is 2.55. The topological polar surface area (TPSA) is 84.3 Å². The van der Waals surface area contributed by atoms with Gasteiger partial charge >= 0.3 is 0 Å². The second-order valence-electron chi connectivity index (χ2n) is 6.04. The molecule has 0 saturated carbocycles. The molecule has 0 spiro atoms. The molecule has 1 aromatic rings. The molecule has 6 nitrogen and oxygen atoms in total. The quantitative estimate of drug-likeness (QED) is 0.623. The van der Waals surface area contributed by atoms with Crippen LogP contribution in [-0.2, 0) is 4.79 Å². The zero-order chi connectivity index (χ0) is 16.0. The maximum Gasteiger partial charge on any atom is 0.274 e. The number of hydrogen-bond acceptors (Lipinski definition) is 4. The third kappa shape index (κ3) is 5.91. The van der Waals surface area contributed by atoms with E-state index in [0.29, 0.717) is 18.5 Å². The van der Waals surface area contributed by atoms with Gasteiger partial charge in [-0.05, 0) is 27.7 Å². The van der Waals surface area contributed by atoms with Crippen LogP contribution < -0.4 is 10.6 Å². The monoisotopic (exact) mass is 293 g/mol. The molecule has 1 unspecified atom stereocenters. The van der Waals surface area contributed by atoms with Gasteiger partial charge in [-0.2, -0.15) is 0 Å². The van der Waals surface area contributed by atoms with Gasteiger partial charge in [-0.1, -0.05) is 18.2 Å². The van der Waals surface area contributed by atoms with Crippen molar-refractivity contribution in [1.82, 2.24) is 10.6 Å². The lowest BCUT2D eigenvalue weighted by molar-refractivity contribution is -0.385. The number of carbonyl (C=O) groups excluding carboxylic acids is 1. The Hall–Kier alpha value is -1.95. The molecule has 0 aliphatic rings. The highest BCUT2D eigenvalue weighted by Gasteiger charge is 2.18. The van der Waals surface area contributed by atoms with Crippen molar-refractivity contribution in [2.45, 2.75) is 45.7 Å². The van der Waals surface area contributed by atoms with Gasteiger partial charge < -0.3 is 10.6 Å². The van der Waals surface area contributed by atoms with E-state index in [1.807, 2.05) is 27.7 Å². The van der Waals surface area contributed by atoms with Gasteiger partial charge in [-0.25, -0.2) is 0 Å². The van der Waals surface area contributed by atoms with E-state index in [1.54, 1.807) is 18.2 Å². The molecular weight excluding hydrogens is 270 g/mol. The van der Waals surface area contributed by atoms with Gasteiger partial charge in [-0.3, -0.25) is 14.9 Å². The van der Waals surface area contributed by atoms with Crippen molar-refractivity contribution in [3.63, 3.8) is 0 Å². The van der Waals surface area contributed by atoms with Crippen molar-refractivity contribution in [1.29, 1.82) is 0 Å². The molecule has 2 N–H and O–H groups in total. The Bertz CT molecular complexity index is 509. The standard InChI is InChI=1S/C15H23N3O3/c1-11(12-7-5-6-8-13(12)18(20)21)16-10-9-14(19)17-15(2,3)4/h5-8,11,16H,9-10H2,1-4H3,(H,17,19). The summed E-state index contributed by atoms with van der Waals surface area (Å²) in [6.07, 6.45) is 0.336. The Kier molecular flexibility index (Phi) is 5.84. The van der Waals surface area contributed by atoms with Gasteiger partial charge in [0.2, 0.25) is 5.91 Å². The summed E-state index contributed by atoms with van der Waals surface area (Å²) < 4.78 is 0. The van der Waals surface area contributed by atoms with Crippen LogP contribution in [0.15, 0.2) is 24.3 Å². The fourth-order valence-electron chi connectivity index (χ4n) is 2.01. The molecule has 0 aliphatic carbocycles. The van der Waals surface area contributed by atoms with E-state index in [9.17, 15) is 14.9 Å². The molecular formula is C15H23N3O3. The first-order valence-electron chi connectivity index (χ1n) is 6.98. The highest BCUT2D eigenvalue weighted by atomic mass is 16.6. The molecule has 116 valence electrons. The lowest BCUT2D eigenvalue weighted by Gasteiger charge is -2.21. The van der Waals surface area contributed by atoms with Gasteiger partial charge in [0.15, 0.2) is 0 Å². The summed E-state index contributed by atoms with van der Waals surface area (Å²) in [4.78, 5) is 22.3. The fraction of sp³-hybridized carbons (Fsp3) is 0.533. The van der Waals surface area contributed by atoms with Crippen molar-refractivity contribution in [2.24, 2.45) is 0 Å². The Labute approximate surface area is 125 Å². The summed E-state index contributed by atoms with van der Waals surface area (Å²) >= 11 is 0. The van der Waals surface area contributed by atoms with Crippen LogP contribution in [0.25, 0.3) is 0 Å². The number of nitro groups is 1. The van der Waals surface area contributed by atoms with Crippen LogP contribution in [0.4, 0.5) is 5.69 Å². The van der Waals surface area contributed by atoms with Crippen molar-refractivity contribution in [3.05, 3.63) is 39.9 Å². The Morgan fingerprint density at radius 1 is 1.33 bits per heavy atom. The van der Waals surface area contributed by atoms with E-state index in [1.165, 1.54) is 6.07 Å². The summed E-state index contributed by atoms with van der Waals surface area (Å²) in [5, 5.41) is 17.0. The molecule has 0 heterocycles. The lowest BCUT2D eigenvalue weighted by Crippen LogP contribution is -2.41. The number of amides is 1. The predicted molar refractivity (Wildman–Crippen MR) is 82.0 cm³/mol. The van der Waals surface area contributed by atoms with Gasteiger partial charge in [0.25, 0.3) is 5.69 Å². The van der Waals surface area contributed by atoms with E-state index in [0.717, 1.165) is 0 Å². The molecule has 0 bridgehead atoms. The molecule has 6 heteroatoms. The minimum absolute atomic E-state index is 0.0373. The van der Waals surface area contributed by atoms with Crippen molar-refractivity contribution in [3.8, 4) is 0 Å². The maximum atomic E-state index is 11.7. The summed E-state index contributed by atoms with van der Waals surface area (Å²) in [5.74, 6) is -0.0373. The Balaban J connectivity index is 2.53. The summed E-state index contributed by atoms with van der Waals surface area (Å²) in [6.45, 7) is 8.09. The number of benzene rings is 1. The van der Waals surface area contributed by atoms with E-state index in [2.05, 4.69) is 10.6 Å². The minimum atomic E-state index is -0.389. The first-order chi connectivity index (χ1) is 9.70. The highest BCUT2D eigenvalue weighted by molar-refractivity contribution is 5.76. The molecule has 0 fully saturated rings. The van der Waals surface area contributed by atoms with Crippen LogP contribution in [0.1, 0.15) is 45.7 Å². The number of rotatable bonds is 6. The van der Waals surface area contributed by atoms with Gasteiger partial charge in [0.1, 0.15) is 0 Å². The normalized spacial score (nSPS) is 12.8. The van der Waals surface area contributed by atoms with Gasteiger partial charge in [0.05, 0.1) is 4.92 Å². The SMILES string of the molecule is CC(NCCC(=O)NC(C)(C)C)c1ccccc1[N+](=O)[O-]. The van der Waals surface area contributed by atoms with Crippen LogP contribution >= 0.6 is 0 Å². The number of nitrogens with one attached hydrogen (secondary N) is 2. The lowest BCUT2D eigenvalue weighted by atomic mass is 10.1. The van der Waals surface area contributed by atoms with Crippen LogP contribution in [-0.4, -0.2) is 22.9 Å². The first kappa shape index (κ1) is 17.1. The molecule has 21 heavy (non-hydrogen) atoms. The van der Waals surface area contributed by atoms with Crippen LogP contribution in [0.2, 0.25) is 0 Å². The molecule has 1 rings (SSSR count). The minimum Gasteiger partial charge on any atom is -0.351 e. The molecule has 1 aromatic carbocycles. The van der Waals surface area contributed by atoms with Gasteiger partial charge in [0, 0.05) is 36.2 Å².